The van der Waals surface area contributed by atoms with Crippen LogP contribution in [0, 0.1) is 0 Å². The summed E-state index contributed by atoms with van der Waals surface area (Å²) < 4.78 is 23.6. The van der Waals surface area contributed by atoms with Crippen LogP contribution in [0.2, 0.25) is 0 Å². The summed E-state index contributed by atoms with van der Waals surface area (Å²) in [6.07, 6.45) is 0. The number of sulfonamides is 1. The van der Waals surface area contributed by atoms with Crippen LogP contribution in [0.15, 0.2) is 29.2 Å². The zero-order valence-corrected chi connectivity index (χ0v) is 11.1. The van der Waals surface area contributed by atoms with Gasteiger partial charge in [-0.2, -0.15) is 4.83 Å². The molecule has 1 aliphatic rings. The summed E-state index contributed by atoms with van der Waals surface area (Å²) in [6, 6.07) is 6.04. The Morgan fingerprint density at radius 2 is 1.89 bits per heavy atom. The van der Waals surface area contributed by atoms with Crippen LogP contribution in [-0.4, -0.2) is 45.4 Å². The number of carbonyl (C=O) groups is 1. The topological polar surface area (TPSA) is 105 Å². The summed E-state index contributed by atoms with van der Waals surface area (Å²) in [5.41, 5.74) is 0.141. The zero-order valence-electron chi connectivity index (χ0n) is 10.3. The molecule has 0 saturated carbocycles. The molecule has 1 fully saturated rings. The lowest BCUT2D eigenvalue weighted by Gasteiger charge is -2.28. The first-order chi connectivity index (χ1) is 9.06. The van der Waals surface area contributed by atoms with Crippen molar-refractivity contribution in [2.75, 3.05) is 26.2 Å². The number of hydrogen-bond acceptors (Lipinski definition) is 5. The Kier molecular flexibility index (Phi) is 4.15. The molecule has 1 heterocycles. The van der Waals surface area contributed by atoms with Gasteiger partial charge in [-0.3, -0.25) is 10.6 Å². The summed E-state index contributed by atoms with van der Waals surface area (Å²) >= 11 is 0. The molecule has 19 heavy (non-hydrogen) atoms. The maximum absolute atomic E-state index is 12.3. The molecule has 7 nitrogen and oxygen atoms in total. The largest absolute Gasteiger partial charge is 0.336 e. The van der Waals surface area contributed by atoms with Gasteiger partial charge in [0.25, 0.3) is 15.9 Å². The summed E-state index contributed by atoms with van der Waals surface area (Å²) in [5, 5.41) is 3.13. The number of piperazine rings is 1. The van der Waals surface area contributed by atoms with Crippen LogP contribution in [0.25, 0.3) is 0 Å². The Morgan fingerprint density at radius 3 is 2.53 bits per heavy atom. The Balaban J connectivity index is 2.37. The van der Waals surface area contributed by atoms with Crippen LogP contribution in [0.3, 0.4) is 0 Å². The number of carbonyl (C=O) groups excluding carboxylic acids is 1. The molecule has 2 rings (SSSR count). The quantitative estimate of drug-likeness (QED) is 0.482. The van der Waals surface area contributed by atoms with Crippen molar-refractivity contribution < 1.29 is 13.2 Å². The standard InChI is InChI=1S/C11H16N4O3S/c12-14-19(17,18)10-4-2-1-3-9(10)11(16)15-7-5-13-6-8-15/h1-4,13-14H,5-8,12H2. The van der Waals surface area contributed by atoms with E-state index in [2.05, 4.69) is 5.32 Å². The molecular formula is C11H16N4O3S. The van der Waals surface area contributed by atoms with E-state index in [0.29, 0.717) is 26.2 Å². The molecule has 0 atom stereocenters. The van der Waals surface area contributed by atoms with Gasteiger partial charge in [0.2, 0.25) is 0 Å². The maximum Gasteiger partial charge on any atom is 0.255 e. The first kappa shape index (κ1) is 13.9. The lowest BCUT2D eigenvalue weighted by atomic mass is 10.2. The van der Waals surface area contributed by atoms with Crippen molar-refractivity contribution in [2.45, 2.75) is 4.90 Å². The van der Waals surface area contributed by atoms with E-state index in [1.54, 1.807) is 21.9 Å². The molecule has 0 unspecified atom stereocenters. The van der Waals surface area contributed by atoms with Crippen LogP contribution >= 0.6 is 0 Å². The van der Waals surface area contributed by atoms with E-state index in [0.717, 1.165) is 0 Å². The van der Waals surface area contributed by atoms with Crippen LogP contribution in [0.1, 0.15) is 10.4 Å². The van der Waals surface area contributed by atoms with Crippen LogP contribution in [-0.2, 0) is 10.0 Å². The third-order valence-electron chi connectivity index (χ3n) is 2.97. The van der Waals surface area contributed by atoms with Gasteiger partial charge in [0.1, 0.15) is 0 Å². The second-order valence-corrected chi connectivity index (χ2v) is 5.84. The maximum atomic E-state index is 12.3. The first-order valence-electron chi connectivity index (χ1n) is 5.87. The van der Waals surface area contributed by atoms with E-state index < -0.39 is 10.0 Å². The molecule has 104 valence electrons. The van der Waals surface area contributed by atoms with Crippen LogP contribution < -0.4 is 16.0 Å². The van der Waals surface area contributed by atoms with Gasteiger partial charge in [0.05, 0.1) is 10.5 Å². The third kappa shape index (κ3) is 2.92. The lowest BCUT2D eigenvalue weighted by Crippen LogP contribution is -2.46. The minimum atomic E-state index is -3.85. The van der Waals surface area contributed by atoms with E-state index in [1.165, 1.54) is 12.1 Å². The van der Waals surface area contributed by atoms with Gasteiger partial charge in [-0.1, -0.05) is 12.1 Å². The molecule has 4 N–H and O–H groups in total. The van der Waals surface area contributed by atoms with E-state index in [4.69, 9.17) is 5.84 Å². The number of benzene rings is 1. The normalized spacial score (nSPS) is 16.4. The van der Waals surface area contributed by atoms with Gasteiger partial charge in [0.15, 0.2) is 0 Å². The van der Waals surface area contributed by atoms with Gasteiger partial charge in [-0.25, -0.2) is 8.42 Å². The Morgan fingerprint density at radius 1 is 1.26 bits per heavy atom. The van der Waals surface area contributed by atoms with E-state index in [1.807, 2.05) is 0 Å². The molecule has 0 spiro atoms. The third-order valence-corrected chi connectivity index (χ3v) is 4.21. The summed E-state index contributed by atoms with van der Waals surface area (Å²) in [4.78, 5) is 15.6. The summed E-state index contributed by atoms with van der Waals surface area (Å²) in [7, 11) is -3.85. The second kappa shape index (κ2) is 5.66. The molecule has 1 saturated heterocycles. The highest BCUT2D eigenvalue weighted by Crippen LogP contribution is 2.17. The monoisotopic (exact) mass is 284 g/mol. The predicted octanol–water partition coefficient (Wildman–Crippen LogP) is -1.12. The Bertz CT molecular complexity index is 567. The molecule has 0 aliphatic carbocycles. The van der Waals surface area contributed by atoms with Crippen LogP contribution in [0.4, 0.5) is 0 Å². The number of nitrogens with zero attached hydrogens (tertiary/aromatic N) is 1. The number of rotatable bonds is 3. The summed E-state index contributed by atoms with van der Waals surface area (Å²) in [6.45, 7) is 2.53. The molecule has 1 aromatic rings. The van der Waals surface area contributed by atoms with E-state index in [-0.39, 0.29) is 16.4 Å². The molecule has 1 aromatic carbocycles. The average Bonchev–Trinajstić information content (AvgIpc) is 2.47. The highest BCUT2D eigenvalue weighted by molar-refractivity contribution is 7.89. The van der Waals surface area contributed by atoms with E-state index in [9.17, 15) is 13.2 Å². The van der Waals surface area contributed by atoms with Crippen molar-refractivity contribution in [3.05, 3.63) is 29.8 Å². The second-order valence-electron chi connectivity index (χ2n) is 4.16. The van der Waals surface area contributed by atoms with Crippen molar-refractivity contribution in [3.63, 3.8) is 0 Å². The van der Waals surface area contributed by atoms with Gasteiger partial charge < -0.3 is 10.2 Å². The lowest BCUT2D eigenvalue weighted by molar-refractivity contribution is 0.0732. The van der Waals surface area contributed by atoms with Gasteiger partial charge in [0, 0.05) is 26.2 Å². The molecule has 0 radical (unpaired) electrons. The molecule has 0 bridgehead atoms. The smallest absolute Gasteiger partial charge is 0.255 e. The molecule has 1 aliphatic heterocycles. The van der Waals surface area contributed by atoms with Crippen molar-refractivity contribution in [2.24, 2.45) is 5.84 Å². The van der Waals surface area contributed by atoms with Crippen LogP contribution in [0.5, 0.6) is 0 Å². The molecule has 0 aromatic heterocycles. The molecular weight excluding hydrogens is 268 g/mol. The number of hydrazine groups is 1. The highest BCUT2D eigenvalue weighted by atomic mass is 32.2. The van der Waals surface area contributed by atoms with Gasteiger partial charge >= 0.3 is 0 Å². The fraction of sp³-hybridized carbons (Fsp3) is 0.364. The fourth-order valence-corrected chi connectivity index (χ4v) is 2.81. The Labute approximate surface area is 111 Å². The zero-order chi connectivity index (χ0) is 13.9. The van der Waals surface area contributed by atoms with Crippen molar-refractivity contribution in [1.82, 2.24) is 15.0 Å². The number of amides is 1. The van der Waals surface area contributed by atoms with Crippen molar-refractivity contribution in [1.29, 1.82) is 0 Å². The van der Waals surface area contributed by atoms with Crippen molar-refractivity contribution >= 4 is 15.9 Å². The van der Waals surface area contributed by atoms with Crippen molar-refractivity contribution in [3.8, 4) is 0 Å². The summed E-state index contributed by atoms with van der Waals surface area (Å²) in [5.74, 6) is 4.72. The Hall–Kier alpha value is -1.48. The molecule has 8 heteroatoms. The minimum absolute atomic E-state index is 0.0963. The number of nitrogens with one attached hydrogen (secondary N) is 2. The average molecular weight is 284 g/mol. The highest BCUT2D eigenvalue weighted by Gasteiger charge is 2.25. The number of nitrogens with two attached hydrogens (primary N) is 1. The molecule has 1 amide bonds. The fourth-order valence-electron chi connectivity index (χ4n) is 1.98. The number of hydrogen-bond donors (Lipinski definition) is 3. The SMILES string of the molecule is NNS(=O)(=O)c1ccccc1C(=O)N1CCNCC1. The van der Waals surface area contributed by atoms with Gasteiger partial charge in [-0.05, 0) is 12.1 Å². The minimum Gasteiger partial charge on any atom is -0.336 e. The van der Waals surface area contributed by atoms with E-state index >= 15 is 0 Å². The van der Waals surface area contributed by atoms with Gasteiger partial charge in [-0.15, -0.1) is 0 Å². The first-order valence-corrected chi connectivity index (χ1v) is 7.36. The predicted molar refractivity (Wildman–Crippen MR) is 69.7 cm³/mol.